The van der Waals surface area contributed by atoms with E-state index >= 15 is 0 Å². The zero-order chi connectivity index (χ0) is 18.5. The molecule has 0 saturated heterocycles. The number of phenolic OH excluding ortho intramolecular Hbond substituents is 1. The van der Waals surface area contributed by atoms with E-state index in [1.165, 1.54) is 0 Å². The van der Waals surface area contributed by atoms with Crippen molar-refractivity contribution in [2.75, 3.05) is 0 Å². The summed E-state index contributed by atoms with van der Waals surface area (Å²) in [4.78, 5) is 0. The van der Waals surface area contributed by atoms with Crippen molar-refractivity contribution in [3.05, 3.63) is 63.6 Å². The van der Waals surface area contributed by atoms with Gasteiger partial charge in [0.05, 0.1) is 17.3 Å². The van der Waals surface area contributed by atoms with Gasteiger partial charge in [0.25, 0.3) is 0 Å². The van der Waals surface area contributed by atoms with Crippen LogP contribution in [0.5, 0.6) is 5.75 Å². The van der Waals surface area contributed by atoms with Crippen LogP contribution >= 0.6 is 15.9 Å². The number of aromatic nitrogens is 4. The lowest BCUT2D eigenvalue weighted by atomic mass is 9.97. The lowest BCUT2D eigenvalue weighted by Gasteiger charge is -2.13. The summed E-state index contributed by atoms with van der Waals surface area (Å²) >= 11 is 3.45. The van der Waals surface area contributed by atoms with Crippen LogP contribution in [-0.4, -0.2) is 30.9 Å². The van der Waals surface area contributed by atoms with Crippen molar-refractivity contribution in [2.24, 2.45) is 5.10 Å². The molecule has 4 aromatic rings. The zero-order valence-corrected chi connectivity index (χ0v) is 16.0. The van der Waals surface area contributed by atoms with Crippen molar-refractivity contribution in [2.45, 2.75) is 19.4 Å². The van der Waals surface area contributed by atoms with Crippen molar-refractivity contribution >= 4 is 38.2 Å². The predicted molar refractivity (Wildman–Crippen MR) is 106 cm³/mol. The van der Waals surface area contributed by atoms with Gasteiger partial charge in [-0.25, -0.2) is 0 Å². The normalized spacial score (nSPS) is 16.7. The highest BCUT2D eigenvalue weighted by molar-refractivity contribution is 9.10. The van der Waals surface area contributed by atoms with Gasteiger partial charge in [-0.15, -0.1) is 5.10 Å². The Kier molecular flexibility index (Phi) is 3.61. The third-order valence-corrected chi connectivity index (χ3v) is 5.45. The number of hydrogen-bond donors (Lipinski definition) is 2. The number of rotatable bonds is 2. The molecular formula is C19H15BrN6O. The van der Waals surface area contributed by atoms with Gasteiger partial charge in [-0.05, 0) is 53.2 Å². The number of tetrazole rings is 1. The number of nitrogens with zero attached hydrogens (tertiary/aromatic N) is 5. The van der Waals surface area contributed by atoms with Crippen molar-refractivity contribution in [3.8, 4) is 5.75 Å². The van der Waals surface area contributed by atoms with Gasteiger partial charge in [0, 0.05) is 27.4 Å². The second-order valence-corrected chi connectivity index (χ2v) is 7.54. The Balaban J connectivity index is 1.60. The van der Waals surface area contributed by atoms with Gasteiger partial charge in [-0.2, -0.15) is 9.62 Å². The molecule has 0 bridgehead atoms. The molecule has 5 rings (SSSR count). The van der Waals surface area contributed by atoms with E-state index < -0.39 is 0 Å². The Hall–Kier alpha value is -3.00. The van der Waals surface area contributed by atoms with Crippen LogP contribution in [0, 0.1) is 6.92 Å². The van der Waals surface area contributed by atoms with Gasteiger partial charge in [0.1, 0.15) is 5.75 Å². The van der Waals surface area contributed by atoms with Crippen LogP contribution in [-0.2, 0) is 0 Å². The number of pyridine rings is 1. The highest BCUT2D eigenvalue weighted by atomic mass is 79.9. The van der Waals surface area contributed by atoms with E-state index in [0.717, 1.165) is 32.2 Å². The Bertz CT molecular complexity index is 1230. The van der Waals surface area contributed by atoms with Crippen molar-refractivity contribution in [1.29, 1.82) is 0 Å². The van der Waals surface area contributed by atoms with E-state index in [-0.39, 0.29) is 11.8 Å². The lowest BCUT2D eigenvalue weighted by Crippen LogP contribution is -2.12. The summed E-state index contributed by atoms with van der Waals surface area (Å²) in [5, 5.41) is 28.0. The quantitative estimate of drug-likeness (QED) is 0.516. The van der Waals surface area contributed by atoms with Crippen LogP contribution in [0.1, 0.15) is 29.2 Å². The molecule has 3 heterocycles. The molecule has 7 nitrogen and oxygen atoms in total. The summed E-state index contributed by atoms with van der Waals surface area (Å²) in [6.45, 7) is 2.08. The van der Waals surface area contributed by atoms with E-state index in [0.29, 0.717) is 17.6 Å². The van der Waals surface area contributed by atoms with Crippen molar-refractivity contribution in [3.63, 3.8) is 0 Å². The molecule has 0 spiro atoms. The summed E-state index contributed by atoms with van der Waals surface area (Å²) in [6.07, 6.45) is 0.629. The smallest absolute Gasteiger partial charge is 0.185 e. The largest absolute Gasteiger partial charge is 0.507 e. The Labute approximate surface area is 162 Å². The zero-order valence-electron chi connectivity index (χ0n) is 14.4. The van der Waals surface area contributed by atoms with Crippen LogP contribution < -0.4 is 5.43 Å². The first kappa shape index (κ1) is 16.2. The van der Waals surface area contributed by atoms with Gasteiger partial charge in [-0.3, -0.25) is 0 Å². The van der Waals surface area contributed by atoms with E-state index in [1.807, 2.05) is 18.2 Å². The molecule has 1 unspecified atom stereocenters. The molecule has 1 aliphatic rings. The second-order valence-electron chi connectivity index (χ2n) is 6.63. The van der Waals surface area contributed by atoms with Crippen LogP contribution in [0.4, 0.5) is 0 Å². The summed E-state index contributed by atoms with van der Waals surface area (Å²) in [7, 11) is 0. The van der Waals surface area contributed by atoms with Gasteiger partial charge in [-0.1, -0.05) is 28.1 Å². The number of benzene rings is 2. The van der Waals surface area contributed by atoms with Gasteiger partial charge in [0.2, 0.25) is 0 Å². The minimum atomic E-state index is -0.0733. The average molecular weight is 423 g/mol. The number of phenols is 1. The van der Waals surface area contributed by atoms with E-state index in [2.05, 4.69) is 61.0 Å². The fraction of sp³-hybridized carbons (Fsp3) is 0.158. The molecule has 0 aliphatic carbocycles. The Morgan fingerprint density at radius 1 is 1.22 bits per heavy atom. The number of aromatic hydroxyl groups is 1. The van der Waals surface area contributed by atoms with Gasteiger partial charge in [0.15, 0.2) is 5.65 Å². The number of hydrazone groups is 1. The van der Waals surface area contributed by atoms with Crippen molar-refractivity contribution < 1.29 is 5.11 Å². The lowest BCUT2D eigenvalue weighted by molar-refractivity contribution is 0.474. The van der Waals surface area contributed by atoms with Gasteiger partial charge >= 0.3 is 0 Å². The molecule has 8 heteroatoms. The number of halogens is 1. The number of aryl methyl sites for hydroxylation is 1. The first-order valence-electron chi connectivity index (χ1n) is 8.53. The number of hydrogen-bond acceptors (Lipinski definition) is 6. The molecule has 2 aromatic carbocycles. The number of nitrogens with one attached hydrogen (secondary N) is 1. The SMILES string of the molecule is Cc1cccc2c1cc(C1CC(c3cc(Br)ccc3O)=NN1)c1nnnn12. The molecule has 27 heavy (non-hydrogen) atoms. The maximum Gasteiger partial charge on any atom is 0.185 e. The summed E-state index contributed by atoms with van der Waals surface area (Å²) in [5.74, 6) is 0.211. The summed E-state index contributed by atoms with van der Waals surface area (Å²) in [6, 6.07) is 13.5. The second kappa shape index (κ2) is 6.02. The van der Waals surface area contributed by atoms with Gasteiger partial charge < -0.3 is 10.5 Å². The summed E-state index contributed by atoms with van der Waals surface area (Å²) in [5.41, 5.74) is 8.53. The first-order chi connectivity index (χ1) is 13.1. The van der Waals surface area contributed by atoms with Crippen LogP contribution in [0.2, 0.25) is 0 Å². The number of fused-ring (bicyclic) bond motifs is 3. The molecular weight excluding hydrogens is 408 g/mol. The fourth-order valence-electron chi connectivity index (χ4n) is 3.57. The molecule has 0 saturated carbocycles. The highest BCUT2D eigenvalue weighted by Crippen LogP contribution is 2.33. The van der Waals surface area contributed by atoms with Crippen LogP contribution in [0.3, 0.4) is 0 Å². The molecule has 1 atom stereocenters. The highest BCUT2D eigenvalue weighted by Gasteiger charge is 2.26. The molecule has 0 radical (unpaired) electrons. The predicted octanol–water partition coefficient (Wildman–Crippen LogP) is 3.49. The summed E-state index contributed by atoms with van der Waals surface area (Å²) < 4.78 is 2.67. The monoisotopic (exact) mass is 422 g/mol. The molecule has 134 valence electrons. The Morgan fingerprint density at radius 3 is 3.00 bits per heavy atom. The third-order valence-electron chi connectivity index (χ3n) is 4.95. The standard InChI is InChI=1S/C19H15BrN6O/c1-10-3-2-4-17-12(10)8-14(19-23-24-25-26(17)19)16-9-15(21-22-16)13-7-11(20)5-6-18(13)27/h2-8,16,22,27H,9H2,1H3. The fourth-order valence-corrected chi connectivity index (χ4v) is 3.93. The van der Waals surface area contributed by atoms with E-state index in [4.69, 9.17) is 0 Å². The molecule has 2 N–H and O–H groups in total. The van der Waals surface area contributed by atoms with Crippen LogP contribution in [0.15, 0.2) is 52.0 Å². The molecule has 0 fully saturated rings. The van der Waals surface area contributed by atoms with E-state index in [1.54, 1.807) is 16.6 Å². The third kappa shape index (κ3) is 2.56. The Morgan fingerprint density at radius 2 is 2.11 bits per heavy atom. The molecule has 1 aliphatic heterocycles. The van der Waals surface area contributed by atoms with E-state index in [9.17, 15) is 5.11 Å². The average Bonchev–Trinajstić information content (AvgIpc) is 3.33. The first-order valence-corrected chi connectivity index (χ1v) is 9.32. The van der Waals surface area contributed by atoms with Crippen LogP contribution in [0.25, 0.3) is 16.6 Å². The van der Waals surface area contributed by atoms with Crippen molar-refractivity contribution in [1.82, 2.24) is 25.5 Å². The minimum Gasteiger partial charge on any atom is -0.507 e. The minimum absolute atomic E-state index is 0.0733. The topological polar surface area (TPSA) is 87.7 Å². The maximum atomic E-state index is 10.2. The maximum absolute atomic E-state index is 10.2. The molecule has 2 aromatic heterocycles. The molecule has 0 amide bonds.